The van der Waals surface area contributed by atoms with E-state index in [2.05, 4.69) is 0 Å². The molecule has 6 nitrogen and oxygen atoms in total. The van der Waals surface area contributed by atoms with Crippen LogP contribution in [0.3, 0.4) is 0 Å². The zero-order valence-electron chi connectivity index (χ0n) is 16.3. The van der Waals surface area contributed by atoms with E-state index in [9.17, 15) is 9.59 Å². The van der Waals surface area contributed by atoms with Crippen molar-refractivity contribution in [2.45, 2.75) is 24.4 Å². The number of carbonyl (C=O) groups is 2. The number of carbonyl (C=O) groups excluding carboxylic acids is 2. The van der Waals surface area contributed by atoms with E-state index in [0.29, 0.717) is 0 Å². The lowest BCUT2D eigenvalue weighted by atomic mass is 10.1. The molecule has 2 heterocycles. The van der Waals surface area contributed by atoms with Gasteiger partial charge in [-0.05, 0) is 23.3 Å². The Balaban J connectivity index is 1.28. The van der Waals surface area contributed by atoms with Crippen LogP contribution in [0.5, 0.6) is 0 Å². The highest BCUT2D eigenvalue weighted by atomic mass is 16.7. The molecular formula is C24H22O6. The molecule has 0 saturated carbocycles. The van der Waals surface area contributed by atoms with Gasteiger partial charge in [0.2, 0.25) is 0 Å². The summed E-state index contributed by atoms with van der Waals surface area (Å²) in [4.78, 5) is 24.3. The third kappa shape index (κ3) is 5.03. The van der Waals surface area contributed by atoms with Crippen molar-refractivity contribution < 1.29 is 28.5 Å². The highest BCUT2D eigenvalue weighted by Crippen LogP contribution is 2.30. The SMILES string of the molecule is O=C(/C=C/c1ccccc1)O[C@@H]1CO[C@H]2[C@@H]1OC[C@H]2OC(=O)/C=C/c1ccccc1. The van der Waals surface area contributed by atoms with Crippen molar-refractivity contribution in [2.75, 3.05) is 13.2 Å². The fraction of sp³-hybridized carbons (Fsp3) is 0.250. The van der Waals surface area contributed by atoms with Crippen LogP contribution in [0.15, 0.2) is 72.8 Å². The molecule has 4 rings (SSSR count). The van der Waals surface area contributed by atoms with Crippen LogP contribution < -0.4 is 0 Å². The molecule has 0 radical (unpaired) electrons. The third-order valence-electron chi connectivity index (χ3n) is 4.92. The highest BCUT2D eigenvalue weighted by molar-refractivity contribution is 5.87. The Morgan fingerprint density at radius 1 is 0.700 bits per heavy atom. The second-order valence-electron chi connectivity index (χ2n) is 7.03. The molecule has 0 spiro atoms. The van der Waals surface area contributed by atoms with Crippen molar-refractivity contribution in [3.63, 3.8) is 0 Å². The number of hydrogen-bond donors (Lipinski definition) is 0. The number of rotatable bonds is 6. The Kier molecular flexibility index (Phi) is 6.37. The average molecular weight is 406 g/mol. The quantitative estimate of drug-likeness (QED) is 0.543. The summed E-state index contributed by atoms with van der Waals surface area (Å²) in [5.41, 5.74) is 1.81. The topological polar surface area (TPSA) is 71.1 Å². The van der Waals surface area contributed by atoms with Gasteiger partial charge in [-0.2, -0.15) is 0 Å². The van der Waals surface area contributed by atoms with E-state index < -0.39 is 36.4 Å². The highest BCUT2D eigenvalue weighted by Gasteiger charge is 2.50. The molecule has 0 bridgehead atoms. The fourth-order valence-electron chi connectivity index (χ4n) is 3.46. The maximum atomic E-state index is 12.1. The number of ether oxygens (including phenoxy) is 4. The lowest BCUT2D eigenvalue weighted by Gasteiger charge is -2.16. The zero-order valence-corrected chi connectivity index (χ0v) is 16.3. The van der Waals surface area contributed by atoms with Crippen LogP contribution in [0.1, 0.15) is 11.1 Å². The van der Waals surface area contributed by atoms with Crippen LogP contribution in [0.2, 0.25) is 0 Å². The zero-order chi connectivity index (χ0) is 20.8. The van der Waals surface area contributed by atoms with E-state index in [1.807, 2.05) is 60.7 Å². The predicted octanol–water partition coefficient (Wildman–Crippen LogP) is 3.03. The van der Waals surface area contributed by atoms with Gasteiger partial charge in [0, 0.05) is 12.2 Å². The Morgan fingerprint density at radius 2 is 1.10 bits per heavy atom. The lowest BCUT2D eigenvalue weighted by molar-refractivity contribution is -0.149. The summed E-state index contributed by atoms with van der Waals surface area (Å²) in [5, 5.41) is 0. The summed E-state index contributed by atoms with van der Waals surface area (Å²) in [5.74, 6) is -0.939. The maximum Gasteiger partial charge on any atom is 0.331 e. The second-order valence-corrected chi connectivity index (χ2v) is 7.03. The Bertz CT molecular complexity index is 844. The number of esters is 2. The summed E-state index contributed by atoms with van der Waals surface area (Å²) in [7, 11) is 0. The van der Waals surface area contributed by atoms with Crippen molar-refractivity contribution >= 4 is 24.1 Å². The van der Waals surface area contributed by atoms with Gasteiger partial charge >= 0.3 is 11.9 Å². The minimum Gasteiger partial charge on any atom is -0.454 e. The van der Waals surface area contributed by atoms with E-state index in [4.69, 9.17) is 18.9 Å². The average Bonchev–Trinajstić information content (AvgIpc) is 3.36. The molecular weight excluding hydrogens is 384 g/mol. The van der Waals surface area contributed by atoms with Crippen LogP contribution in [0.25, 0.3) is 12.2 Å². The summed E-state index contributed by atoms with van der Waals surface area (Å²) in [6, 6.07) is 19.0. The number of fused-ring (bicyclic) bond motifs is 1. The van der Waals surface area contributed by atoms with Gasteiger partial charge in [0.15, 0.2) is 12.2 Å². The van der Waals surface area contributed by atoms with Gasteiger partial charge in [0.05, 0.1) is 13.2 Å². The van der Waals surface area contributed by atoms with Gasteiger partial charge in [0.1, 0.15) is 12.2 Å². The van der Waals surface area contributed by atoms with Gasteiger partial charge in [-0.1, -0.05) is 60.7 Å². The van der Waals surface area contributed by atoms with Crippen molar-refractivity contribution in [2.24, 2.45) is 0 Å². The first kappa shape index (κ1) is 20.1. The first-order chi connectivity index (χ1) is 14.7. The summed E-state index contributed by atoms with van der Waals surface area (Å²) in [6.07, 6.45) is 4.17. The molecule has 0 aliphatic carbocycles. The summed E-state index contributed by atoms with van der Waals surface area (Å²) in [6.45, 7) is 0.405. The van der Waals surface area contributed by atoms with E-state index >= 15 is 0 Å². The van der Waals surface area contributed by atoms with E-state index in [0.717, 1.165) is 11.1 Å². The molecule has 2 fully saturated rings. The molecule has 0 N–H and O–H groups in total. The van der Waals surface area contributed by atoms with Crippen LogP contribution in [-0.2, 0) is 28.5 Å². The Hall–Kier alpha value is -3.22. The fourth-order valence-corrected chi connectivity index (χ4v) is 3.46. The molecule has 30 heavy (non-hydrogen) atoms. The largest absolute Gasteiger partial charge is 0.454 e. The Morgan fingerprint density at radius 3 is 1.50 bits per heavy atom. The molecule has 2 aromatic carbocycles. The summed E-state index contributed by atoms with van der Waals surface area (Å²) >= 11 is 0. The standard InChI is InChI=1S/C24H22O6/c25-21(13-11-17-7-3-1-4-8-17)29-19-15-27-24-20(16-28-23(19)24)30-22(26)14-12-18-9-5-2-6-10-18/h1-14,19-20,23-24H,15-16H2/b13-11+,14-12+/t19-,20-,23-,24-/m1/s1. The van der Waals surface area contributed by atoms with E-state index in [1.165, 1.54) is 12.2 Å². The Labute approximate surface area is 174 Å². The van der Waals surface area contributed by atoms with Crippen LogP contribution >= 0.6 is 0 Å². The normalized spacial score (nSPS) is 25.5. The molecule has 4 atom stereocenters. The van der Waals surface area contributed by atoms with Crippen LogP contribution in [0, 0.1) is 0 Å². The van der Waals surface area contributed by atoms with E-state index in [1.54, 1.807) is 12.2 Å². The van der Waals surface area contributed by atoms with Gasteiger partial charge in [-0.15, -0.1) is 0 Å². The first-order valence-corrected chi connectivity index (χ1v) is 9.80. The maximum absolute atomic E-state index is 12.1. The lowest BCUT2D eigenvalue weighted by Crippen LogP contribution is -2.35. The minimum absolute atomic E-state index is 0.203. The minimum atomic E-state index is -0.536. The third-order valence-corrected chi connectivity index (χ3v) is 4.92. The van der Waals surface area contributed by atoms with Gasteiger partial charge < -0.3 is 18.9 Å². The molecule has 2 saturated heterocycles. The molecule has 0 unspecified atom stereocenters. The van der Waals surface area contributed by atoms with Crippen molar-refractivity contribution in [3.05, 3.63) is 83.9 Å². The van der Waals surface area contributed by atoms with E-state index in [-0.39, 0.29) is 13.2 Å². The molecule has 2 aliphatic rings. The predicted molar refractivity (Wildman–Crippen MR) is 110 cm³/mol. The monoisotopic (exact) mass is 406 g/mol. The second kappa shape index (κ2) is 9.52. The smallest absolute Gasteiger partial charge is 0.331 e. The molecule has 0 aromatic heterocycles. The number of benzene rings is 2. The molecule has 6 heteroatoms. The van der Waals surface area contributed by atoms with Gasteiger partial charge in [-0.25, -0.2) is 9.59 Å². The van der Waals surface area contributed by atoms with Crippen LogP contribution in [0.4, 0.5) is 0 Å². The molecule has 2 aliphatic heterocycles. The molecule has 154 valence electrons. The molecule has 2 aromatic rings. The first-order valence-electron chi connectivity index (χ1n) is 9.80. The van der Waals surface area contributed by atoms with Gasteiger partial charge in [-0.3, -0.25) is 0 Å². The van der Waals surface area contributed by atoms with Crippen LogP contribution in [-0.4, -0.2) is 49.6 Å². The molecule has 0 amide bonds. The van der Waals surface area contributed by atoms with Gasteiger partial charge in [0.25, 0.3) is 0 Å². The van der Waals surface area contributed by atoms with Crippen molar-refractivity contribution in [1.29, 1.82) is 0 Å². The van der Waals surface area contributed by atoms with Crippen molar-refractivity contribution in [3.8, 4) is 0 Å². The summed E-state index contributed by atoms with van der Waals surface area (Å²) < 4.78 is 22.4. The number of hydrogen-bond acceptors (Lipinski definition) is 6. The van der Waals surface area contributed by atoms with Crippen molar-refractivity contribution in [1.82, 2.24) is 0 Å².